The molecule has 1 aliphatic rings. The Labute approximate surface area is 169 Å². The van der Waals surface area contributed by atoms with Crippen LogP contribution in [0.4, 0.5) is 10.9 Å². The van der Waals surface area contributed by atoms with Crippen LogP contribution in [-0.4, -0.2) is 45.9 Å². The number of nitriles is 1. The molecule has 2 aromatic rings. The summed E-state index contributed by atoms with van der Waals surface area (Å²) >= 11 is 1.38. The minimum Gasteiger partial charge on any atom is -0.346 e. The van der Waals surface area contributed by atoms with E-state index in [1.807, 2.05) is 39.0 Å². The lowest BCUT2D eigenvalue weighted by atomic mass is 9.94. The molecule has 1 amide bonds. The zero-order chi connectivity index (χ0) is 20.1. The number of carbonyl (C=O) groups is 1. The van der Waals surface area contributed by atoms with Gasteiger partial charge in [-0.2, -0.15) is 5.26 Å². The largest absolute Gasteiger partial charge is 0.346 e. The molecule has 7 nitrogen and oxygen atoms in total. The summed E-state index contributed by atoms with van der Waals surface area (Å²) in [5.74, 6) is 0.860. The van der Waals surface area contributed by atoms with Crippen molar-refractivity contribution in [3.8, 4) is 6.07 Å². The van der Waals surface area contributed by atoms with Gasteiger partial charge >= 0.3 is 0 Å². The summed E-state index contributed by atoms with van der Waals surface area (Å²) in [7, 11) is 0. The molecule has 0 saturated carbocycles. The van der Waals surface area contributed by atoms with Crippen LogP contribution in [0.2, 0.25) is 0 Å². The van der Waals surface area contributed by atoms with E-state index in [0.717, 1.165) is 31.6 Å². The van der Waals surface area contributed by atoms with Crippen LogP contribution in [0.15, 0.2) is 23.6 Å². The Balaban J connectivity index is 1.67. The lowest BCUT2D eigenvalue weighted by molar-refractivity contribution is 0.0915. The van der Waals surface area contributed by atoms with Gasteiger partial charge in [-0.1, -0.05) is 6.07 Å². The molecule has 3 rings (SSSR count). The smallest absolute Gasteiger partial charge is 0.271 e. The van der Waals surface area contributed by atoms with E-state index in [1.54, 1.807) is 5.38 Å². The van der Waals surface area contributed by atoms with Gasteiger partial charge in [0.2, 0.25) is 0 Å². The van der Waals surface area contributed by atoms with Crippen LogP contribution < -0.4 is 10.6 Å². The highest BCUT2D eigenvalue weighted by molar-refractivity contribution is 7.14. The minimum atomic E-state index is -0.302. The van der Waals surface area contributed by atoms with E-state index in [-0.39, 0.29) is 11.4 Å². The standard InChI is InChI=1S/C20H26N6OS/c1-20(2,3)25-18(27)16-13-28-19(23-16)24-17-8-4-7-15(22-17)14-6-5-10-26(12-14)11-9-21/h4,7-8,13-14H,5-6,10-12H2,1-3H3,(H,25,27)(H,22,23,24)/t14-/m1/s1. The summed E-state index contributed by atoms with van der Waals surface area (Å²) in [6.45, 7) is 8.12. The van der Waals surface area contributed by atoms with Crippen LogP contribution in [-0.2, 0) is 0 Å². The molecule has 148 valence electrons. The number of likely N-dealkylation sites (tertiary alicyclic amines) is 1. The van der Waals surface area contributed by atoms with Crippen molar-refractivity contribution >= 4 is 28.2 Å². The summed E-state index contributed by atoms with van der Waals surface area (Å²) in [5, 5.41) is 17.4. The van der Waals surface area contributed by atoms with Crippen LogP contribution in [0.5, 0.6) is 0 Å². The second-order valence-corrected chi connectivity index (χ2v) is 8.91. The van der Waals surface area contributed by atoms with E-state index in [2.05, 4.69) is 26.6 Å². The van der Waals surface area contributed by atoms with Gasteiger partial charge in [0.1, 0.15) is 11.5 Å². The first-order valence-electron chi connectivity index (χ1n) is 9.45. The topological polar surface area (TPSA) is 93.9 Å². The Hall–Kier alpha value is -2.50. The highest BCUT2D eigenvalue weighted by Gasteiger charge is 2.22. The number of thiazole rings is 1. The average Bonchev–Trinajstić information content (AvgIpc) is 3.10. The SMILES string of the molecule is CC(C)(C)NC(=O)c1csc(Nc2cccc([C@@H]3CCCN(CC#N)C3)n2)n1. The molecule has 0 aliphatic carbocycles. The first kappa shape index (κ1) is 20.2. The summed E-state index contributed by atoms with van der Waals surface area (Å²) < 4.78 is 0. The van der Waals surface area contributed by atoms with E-state index >= 15 is 0 Å². The third-order valence-corrected chi connectivity index (χ3v) is 5.21. The molecular formula is C20H26N6OS. The second kappa shape index (κ2) is 8.67. The van der Waals surface area contributed by atoms with Crippen molar-refractivity contribution in [1.82, 2.24) is 20.2 Å². The molecule has 0 unspecified atom stereocenters. The van der Waals surface area contributed by atoms with Gasteiger partial charge in [0.05, 0.1) is 12.6 Å². The number of pyridine rings is 1. The third-order valence-electron chi connectivity index (χ3n) is 4.45. The molecule has 1 aliphatic heterocycles. The molecule has 0 spiro atoms. The molecule has 28 heavy (non-hydrogen) atoms. The Bertz CT molecular complexity index is 866. The Kier molecular flexibility index (Phi) is 6.27. The van der Waals surface area contributed by atoms with Crippen molar-refractivity contribution in [2.45, 2.75) is 45.1 Å². The zero-order valence-electron chi connectivity index (χ0n) is 16.5. The van der Waals surface area contributed by atoms with Crippen molar-refractivity contribution in [3.63, 3.8) is 0 Å². The van der Waals surface area contributed by atoms with Gasteiger partial charge in [0.15, 0.2) is 5.13 Å². The fourth-order valence-electron chi connectivity index (χ4n) is 3.24. The number of nitrogens with one attached hydrogen (secondary N) is 2. The number of piperidine rings is 1. The monoisotopic (exact) mass is 398 g/mol. The molecule has 8 heteroatoms. The van der Waals surface area contributed by atoms with E-state index < -0.39 is 0 Å². The molecule has 0 radical (unpaired) electrons. The minimum absolute atomic E-state index is 0.182. The van der Waals surface area contributed by atoms with Gasteiger partial charge in [-0.15, -0.1) is 11.3 Å². The maximum Gasteiger partial charge on any atom is 0.271 e. The number of carbonyl (C=O) groups excluding carboxylic acids is 1. The van der Waals surface area contributed by atoms with Crippen molar-refractivity contribution < 1.29 is 4.79 Å². The van der Waals surface area contributed by atoms with Gasteiger partial charge in [-0.3, -0.25) is 9.69 Å². The van der Waals surface area contributed by atoms with Crippen LogP contribution >= 0.6 is 11.3 Å². The van der Waals surface area contributed by atoms with Crippen molar-refractivity contribution in [2.24, 2.45) is 0 Å². The van der Waals surface area contributed by atoms with Gasteiger partial charge in [-0.05, 0) is 52.3 Å². The molecule has 0 bridgehead atoms. The molecule has 0 aromatic carbocycles. The van der Waals surface area contributed by atoms with Crippen molar-refractivity contribution in [3.05, 3.63) is 35.0 Å². The number of rotatable bonds is 5. The fourth-order valence-corrected chi connectivity index (χ4v) is 3.94. The average molecular weight is 399 g/mol. The van der Waals surface area contributed by atoms with Crippen LogP contribution in [0.3, 0.4) is 0 Å². The predicted octanol–water partition coefficient (Wildman–Crippen LogP) is 3.51. The first-order valence-corrected chi connectivity index (χ1v) is 10.3. The summed E-state index contributed by atoms with van der Waals surface area (Å²) in [4.78, 5) is 23.5. The van der Waals surface area contributed by atoms with E-state index in [4.69, 9.17) is 10.2 Å². The number of nitrogens with zero attached hydrogens (tertiary/aromatic N) is 4. The normalized spacial score (nSPS) is 17.7. The van der Waals surface area contributed by atoms with Crippen LogP contribution in [0.25, 0.3) is 0 Å². The predicted molar refractivity (Wildman–Crippen MR) is 111 cm³/mol. The third kappa shape index (κ3) is 5.50. The van der Waals surface area contributed by atoms with Gasteiger partial charge < -0.3 is 10.6 Å². The number of hydrogen-bond acceptors (Lipinski definition) is 7. The molecule has 2 aromatic heterocycles. The molecular weight excluding hydrogens is 372 g/mol. The Morgan fingerprint density at radius 1 is 1.39 bits per heavy atom. The molecule has 3 heterocycles. The van der Waals surface area contributed by atoms with E-state index in [0.29, 0.717) is 29.1 Å². The first-order chi connectivity index (χ1) is 13.3. The summed E-state index contributed by atoms with van der Waals surface area (Å²) in [5.41, 5.74) is 1.12. The lowest BCUT2D eigenvalue weighted by Gasteiger charge is -2.30. The van der Waals surface area contributed by atoms with Crippen molar-refractivity contribution in [1.29, 1.82) is 5.26 Å². The molecule has 1 atom stereocenters. The number of hydrogen-bond donors (Lipinski definition) is 2. The maximum absolute atomic E-state index is 12.2. The fraction of sp³-hybridized carbons (Fsp3) is 0.500. The highest BCUT2D eigenvalue weighted by Crippen LogP contribution is 2.27. The molecule has 1 saturated heterocycles. The maximum atomic E-state index is 12.2. The molecule has 1 fully saturated rings. The summed E-state index contributed by atoms with van der Waals surface area (Å²) in [6, 6.07) is 8.15. The van der Waals surface area contributed by atoms with E-state index in [9.17, 15) is 4.79 Å². The van der Waals surface area contributed by atoms with E-state index in [1.165, 1.54) is 11.3 Å². The Morgan fingerprint density at radius 3 is 2.96 bits per heavy atom. The van der Waals surface area contributed by atoms with Crippen LogP contribution in [0, 0.1) is 11.3 Å². The quantitative estimate of drug-likeness (QED) is 0.749. The number of aromatic nitrogens is 2. The van der Waals surface area contributed by atoms with Crippen molar-refractivity contribution in [2.75, 3.05) is 25.0 Å². The van der Waals surface area contributed by atoms with Gasteiger partial charge in [0, 0.05) is 29.1 Å². The Morgan fingerprint density at radius 2 is 2.21 bits per heavy atom. The highest BCUT2D eigenvalue weighted by atomic mass is 32.1. The second-order valence-electron chi connectivity index (χ2n) is 8.05. The lowest BCUT2D eigenvalue weighted by Crippen LogP contribution is -2.40. The van der Waals surface area contributed by atoms with Crippen LogP contribution in [0.1, 0.15) is 55.7 Å². The zero-order valence-corrected chi connectivity index (χ0v) is 17.3. The number of amides is 1. The summed E-state index contributed by atoms with van der Waals surface area (Å²) in [6.07, 6.45) is 2.15. The van der Waals surface area contributed by atoms with Gasteiger partial charge in [0.25, 0.3) is 5.91 Å². The number of anilines is 2. The molecule has 2 N–H and O–H groups in total. The van der Waals surface area contributed by atoms with Gasteiger partial charge in [-0.25, -0.2) is 9.97 Å².